The number of rotatable bonds is 35. The van der Waals surface area contributed by atoms with E-state index in [4.69, 9.17) is 74.0 Å². The van der Waals surface area contributed by atoms with Crippen molar-refractivity contribution in [3.8, 4) is 0 Å². The molecule has 768 valence electrons. The Morgan fingerprint density at radius 2 is 0.927 bits per heavy atom. The van der Waals surface area contributed by atoms with Gasteiger partial charge < -0.3 is 132 Å². The molecule has 7 aliphatic heterocycles. The number of carbonyl (C=O) groups is 12. The molecule has 9 aliphatic rings. The van der Waals surface area contributed by atoms with E-state index in [1.165, 1.54) is 74.4 Å². The molecule has 0 radical (unpaired) electrons. The number of hydrogen-bond donors (Lipinski definition) is 14. The Hall–Kier alpha value is -9.14. The summed E-state index contributed by atoms with van der Waals surface area (Å²) in [6.45, 7) is 29.0. The fraction of sp³-hybridized carbons (Fsp3) is 0.670. The van der Waals surface area contributed by atoms with Crippen LogP contribution in [0.2, 0.25) is 0 Å². The predicted octanol–water partition coefficient (Wildman–Crippen LogP) is 6.81. The van der Waals surface area contributed by atoms with Crippen LogP contribution >= 0.6 is 23.5 Å². The van der Waals surface area contributed by atoms with Gasteiger partial charge in [-0.3, -0.25) is 38.4 Å². The zero-order valence-corrected chi connectivity index (χ0v) is 84.4. The predicted molar refractivity (Wildman–Crippen MR) is 519 cm³/mol. The normalized spacial score (nSPS) is 31.5. The molecule has 40 heteroatoms. The summed E-state index contributed by atoms with van der Waals surface area (Å²) in [6.07, 6.45) is 15.9. The second-order valence-corrected chi connectivity index (χ2v) is 38.9. The third kappa shape index (κ3) is 35.3. The lowest BCUT2D eigenvalue weighted by Gasteiger charge is -2.35. The van der Waals surface area contributed by atoms with Crippen LogP contribution in [0.4, 0.5) is 19.2 Å². The van der Waals surface area contributed by atoms with Crippen LogP contribution in [-0.2, 0) is 95.2 Å². The van der Waals surface area contributed by atoms with Gasteiger partial charge in [-0.2, -0.15) is 23.5 Å². The molecule has 0 aromatic heterocycles. The van der Waals surface area contributed by atoms with Gasteiger partial charge in [0.05, 0.1) is 124 Å². The van der Waals surface area contributed by atoms with Crippen LogP contribution in [0.1, 0.15) is 173 Å². The summed E-state index contributed by atoms with van der Waals surface area (Å²) in [5, 5.41) is 49.5. The molecular weight excluding hydrogens is 1810 g/mol. The van der Waals surface area contributed by atoms with Crippen molar-refractivity contribution in [1.82, 2.24) is 47.9 Å². The van der Waals surface area contributed by atoms with Gasteiger partial charge in [-0.25, -0.2) is 19.2 Å². The molecular formula is C97H152N12O26S2. The van der Waals surface area contributed by atoms with Crippen LogP contribution in [0.15, 0.2) is 117 Å². The number of aliphatic hydroxyl groups is 2. The Morgan fingerprint density at radius 3 is 1.31 bits per heavy atom. The summed E-state index contributed by atoms with van der Waals surface area (Å²) in [4.78, 5) is 151. The van der Waals surface area contributed by atoms with E-state index in [1.807, 2.05) is 37.4 Å². The van der Waals surface area contributed by atoms with Crippen LogP contribution in [-0.4, -0.2) is 302 Å². The molecule has 0 spiro atoms. The van der Waals surface area contributed by atoms with Crippen molar-refractivity contribution >= 4 is 94.5 Å². The van der Waals surface area contributed by atoms with E-state index in [1.54, 1.807) is 64.2 Å². The molecule has 7 heterocycles. The molecule has 137 heavy (non-hydrogen) atoms. The molecule has 9 rings (SSSR count). The van der Waals surface area contributed by atoms with E-state index in [2.05, 4.69) is 75.5 Å². The summed E-state index contributed by atoms with van der Waals surface area (Å²) in [7, 11) is 7.12. The standard InChI is InChI=1S/C46H70N6O12S.C29H40N2O9.C18H34N4O4S.C4H8O/c1-27-22-31-38(49-17-19-63-21-20-62-18-16-48-37(54)15-10-9-14-36-46(6)45(5,26-65-36)51-44(59)52-46)33(53)25-32(40(31)56)50-42(57)28(2)12-11-13-34(60-7)41(64-43(47)58)30(4)24-29(3)39(55)35(23-27)61-8;1-15-11-19-25(34)20(14-21(32)27(19)39-7)31-28(35)16(2)9-8-10-22(37-5)26(40-29(30)36)18(4)13-17(3)24(33)23(12-15)38-6;1-17-13-27-14(18(17,2)22-16(24)21-17)5-3-4-6-15(23)20-8-10-26-12-11-25-9-7-19;1-2-4-5-3-1/h11-13,24-25,27,29,34-36,39,41,49,55H,9-10,14-23,26H2,1-8H3,(H2,47,58)(H,48,54)(H,50,57)(H2,51,52,59);8-10,13-15,17,22-24,26,33H,11-12H2,1-7H3,(H2,30,36)(H,31,35);14H,3-13,19H2,1-2H3,(H,20,23)(H2,21,22,24);1-4H2/b13-11-,28-12+,30-24+;10-8-,16-9+,18-13+;;/t27-,29+,34+,35+,36?,39-,41+,45?,46?;15-,17+,22+,23+,24-,26+;;/m11../s1. The minimum atomic E-state index is -1.02. The highest BCUT2D eigenvalue weighted by atomic mass is 32.2. The number of primary amides is 2. The van der Waals surface area contributed by atoms with Crippen molar-refractivity contribution in [1.29, 1.82) is 0 Å². The number of methoxy groups -OCH3 is 5. The number of ether oxygens (including phenoxy) is 12. The van der Waals surface area contributed by atoms with Crippen molar-refractivity contribution in [2.45, 2.75) is 254 Å². The SMILES string of the molecule is C1CCOC1.CC12CSC(CCCCC(=O)NCCOCCOCCN)C1(C)NC(=O)N2.COC1=C2C[C@@H](C)C[C@H](OC)[C@H](O)[C@@H](C)/C=C(\C)[C@H](OC(N)=O)[C@@H](OC)/C=C\C=C(/C)C(=O)NC(=CC1=O)C2=O.CO[C@H]1/C=C\C=C(/C)C(=O)NC2=CC(=O)C(NCCOCCOCCNC(=O)CCCCC3SCC4(C)NC(=O)NC34C)=C(C[C@@H](C)C[C@H](OC)[C@H](O)[C@@H](C)/C=C(\C)[C@@H]1OC(N)=O)C2=O. The van der Waals surface area contributed by atoms with E-state index in [0.717, 1.165) is 75.4 Å². The number of urea groups is 2. The average Bonchev–Trinajstić information content (AvgIpc) is 1.58. The first-order valence-corrected chi connectivity index (χ1v) is 49.2. The van der Waals surface area contributed by atoms with Gasteiger partial charge in [-0.05, 0) is 143 Å². The fourth-order valence-corrected chi connectivity index (χ4v) is 21.2. The van der Waals surface area contributed by atoms with E-state index >= 15 is 0 Å². The number of aliphatic hydroxyl groups excluding tert-OH is 2. The average molecular weight is 1970 g/mol. The number of hydrogen-bond acceptors (Lipinski definition) is 30. The van der Waals surface area contributed by atoms with Crippen LogP contribution in [0.3, 0.4) is 0 Å². The minimum absolute atomic E-state index is 0.0387. The van der Waals surface area contributed by atoms with Crippen LogP contribution in [0, 0.1) is 23.7 Å². The Kier molecular flexibility index (Phi) is 49.5. The van der Waals surface area contributed by atoms with Gasteiger partial charge in [0.1, 0.15) is 12.2 Å². The van der Waals surface area contributed by atoms with Gasteiger partial charge in [0.25, 0.3) is 11.8 Å². The van der Waals surface area contributed by atoms with Crippen LogP contribution in [0.25, 0.3) is 0 Å². The van der Waals surface area contributed by atoms with E-state index in [0.29, 0.717) is 94.7 Å². The second kappa shape index (κ2) is 58.2. The number of ketones is 4. The van der Waals surface area contributed by atoms with Crippen molar-refractivity contribution in [3.63, 3.8) is 0 Å². The Labute approximate surface area is 814 Å². The highest BCUT2D eigenvalue weighted by molar-refractivity contribution is 8.00. The molecule has 2 aliphatic carbocycles. The first-order valence-electron chi connectivity index (χ1n) is 47.1. The van der Waals surface area contributed by atoms with Gasteiger partial charge in [0.15, 0.2) is 18.0 Å². The lowest BCUT2D eigenvalue weighted by molar-refractivity contribution is -0.122. The summed E-state index contributed by atoms with van der Waals surface area (Å²) in [5.74, 6) is -2.98. The third-order valence-corrected chi connectivity index (χ3v) is 29.5. The van der Waals surface area contributed by atoms with Gasteiger partial charge in [0.2, 0.25) is 34.9 Å². The molecule has 5 fully saturated rings. The van der Waals surface area contributed by atoms with Crippen molar-refractivity contribution in [2.75, 3.05) is 139 Å². The second-order valence-electron chi connectivity index (χ2n) is 36.5. The third-order valence-electron chi connectivity index (χ3n) is 25.8. The molecule has 17 N–H and O–H groups in total. The molecule has 4 bridgehead atoms. The number of carbonyl (C=O) groups excluding carboxylic acids is 12. The fourth-order valence-electron chi connectivity index (χ4n) is 17.4. The van der Waals surface area contributed by atoms with Crippen LogP contribution in [0.5, 0.6) is 0 Å². The maximum atomic E-state index is 14.0. The van der Waals surface area contributed by atoms with E-state index < -0.39 is 108 Å². The molecule has 0 aromatic carbocycles. The molecule has 0 saturated carbocycles. The number of unbranched alkanes of at least 4 members (excludes halogenated alkanes) is 2. The summed E-state index contributed by atoms with van der Waals surface area (Å²) in [5.41, 5.74) is 16.7. The summed E-state index contributed by atoms with van der Waals surface area (Å²) in [6, 6.07) is -0.190. The smallest absolute Gasteiger partial charge is 0.405 e. The molecule has 10 amide bonds. The molecule has 6 unspecified atom stereocenters. The zero-order chi connectivity index (χ0) is 101. The number of allylic oxidation sites excluding steroid dienone is 8. The molecule has 0 aromatic rings. The number of Topliss-reactive ketones (excluding diaryl/α,β-unsaturated/α-hetero) is 2. The number of fused-ring (bicyclic) bond motifs is 6. The molecule has 18 atom stereocenters. The van der Waals surface area contributed by atoms with Gasteiger partial charge in [-0.1, -0.05) is 89.1 Å². The van der Waals surface area contributed by atoms with Gasteiger partial charge >= 0.3 is 24.2 Å². The topological polar surface area (TPSA) is 542 Å². The summed E-state index contributed by atoms with van der Waals surface area (Å²) >= 11 is 3.77. The first kappa shape index (κ1) is 117. The number of amides is 10. The summed E-state index contributed by atoms with van der Waals surface area (Å²) < 4.78 is 65.3. The lowest BCUT2D eigenvalue weighted by atomic mass is 9.79. The Bertz CT molecular complexity index is 4430. The van der Waals surface area contributed by atoms with Gasteiger partial charge in [-0.15, -0.1) is 0 Å². The Morgan fingerprint density at radius 1 is 0.526 bits per heavy atom. The van der Waals surface area contributed by atoms with Crippen LogP contribution < -0.4 is 65.1 Å². The van der Waals surface area contributed by atoms with Crippen molar-refractivity contribution in [2.24, 2.45) is 40.9 Å². The molecule has 5 saturated heterocycles. The number of nitrogens with one attached hydrogen (secondary N) is 9. The number of thioether (sulfide) groups is 2. The minimum Gasteiger partial charge on any atom is -0.492 e. The lowest BCUT2D eigenvalue weighted by Crippen LogP contribution is -2.58. The van der Waals surface area contributed by atoms with Crippen molar-refractivity contribution in [3.05, 3.63) is 117 Å². The maximum absolute atomic E-state index is 14.0. The largest absolute Gasteiger partial charge is 0.492 e. The molecule has 38 nitrogen and oxygen atoms in total. The quantitative estimate of drug-likeness (QED) is 0.0134. The highest BCUT2D eigenvalue weighted by Crippen LogP contribution is 2.49. The monoisotopic (exact) mass is 1970 g/mol. The zero-order valence-electron chi connectivity index (χ0n) is 82.8. The van der Waals surface area contributed by atoms with Gasteiger partial charge in [0, 0.05) is 149 Å². The highest BCUT2D eigenvalue weighted by Gasteiger charge is 2.62. The van der Waals surface area contributed by atoms with E-state index in [9.17, 15) is 67.7 Å². The number of nitrogens with two attached hydrogens (primary N) is 3. The van der Waals surface area contributed by atoms with Crippen molar-refractivity contribution < 1.29 is 125 Å². The first-order chi connectivity index (χ1) is 65.1. The maximum Gasteiger partial charge on any atom is 0.405 e. The van der Waals surface area contributed by atoms with E-state index in [-0.39, 0.29) is 147 Å². The Balaban J connectivity index is 0.000000337.